The Bertz CT molecular complexity index is 1050. The summed E-state index contributed by atoms with van der Waals surface area (Å²) in [6.45, 7) is 12.2. The van der Waals surface area contributed by atoms with Gasteiger partial charge in [0.1, 0.15) is 24.6 Å². The molecule has 0 aliphatic heterocycles. The molecule has 1 saturated carbocycles. The van der Waals surface area contributed by atoms with E-state index >= 15 is 0 Å². The van der Waals surface area contributed by atoms with Crippen molar-refractivity contribution in [1.82, 2.24) is 9.55 Å². The summed E-state index contributed by atoms with van der Waals surface area (Å²) < 4.78 is 4.48. The van der Waals surface area contributed by atoms with Gasteiger partial charge in [-0.05, 0) is 67.7 Å². The molecule has 2 bridgehead atoms. The highest BCUT2D eigenvalue weighted by Gasteiger charge is 2.53. The molecular formula is C25H30N3+. The number of nitrogens with zero attached hydrogens (tertiary/aromatic N) is 3. The highest BCUT2D eigenvalue weighted by Crippen LogP contribution is 2.61. The summed E-state index contributed by atoms with van der Waals surface area (Å²) in [5.74, 6) is 1.50. The van der Waals surface area contributed by atoms with Crippen LogP contribution in [0.5, 0.6) is 0 Å². The van der Waals surface area contributed by atoms with Crippen molar-refractivity contribution in [2.24, 2.45) is 11.3 Å². The van der Waals surface area contributed by atoms with E-state index in [1.165, 1.54) is 52.2 Å². The van der Waals surface area contributed by atoms with Crippen LogP contribution in [-0.2, 0) is 13.0 Å². The van der Waals surface area contributed by atoms with Gasteiger partial charge in [0.05, 0.1) is 5.69 Å². The zero-order valence-electron chi connectivity index (χ0n) is 17.7. The molecule has 2 atom stereocenters. The van der Waals surface area contributed by atoms with Crippen molar-refractivity contribution in [3.05, 3.63) is 76.6 Å². The van der Waals surface area contributed by atoms with E-state index in [0.29, 0.717) is 11.3 Å². The zero-order valence-corrected chi connectivity index (χ0v) is 17.7. The van der Waals surface area contributed by atoms with E-state index in [0.717, 1.165) is 12.5 Å². The minimum Gasteiger partial charge on any atom is -0.253 e. The van der Waals surface area contributed by atoms with Gasteiger partial charge in [0.15, 0.2) is 0 Å². The molecule has 3 aliphatic carbocycles. The van der Waals surface area contributed by atoms with Gasteiger partial charge in [-0.15, -0.1) is 0 Å². The Morgan fingerprint density at radius 3 is 2.61 bits per heavy atom. The van der Waals surface area contributed by atoms with Crippen LogP contribution < -0.4 is 4.57 Å². The van der Waals surface area contributed by atoms with Crippen LogP contribution in [-0.4, -0.2) is 9.55 Å². The molecule has 1 aromatic carbocycles. The van der Waals surface area contributed by atoms with E-state index < -0.39 is 0 Å². The standard InChI is InChI=1S/C25H30N3/c1-16-10-17(2)24(18(3)11-16)28-9-8-27(15-28)14-21-7-6-19-12-20-13-22(23(19)26-21)25(20,4)5/h6-11,15,20,22H,12-14H2,1-5H3/q+1/t20-,22-/m0/s1. The van der Waals surface area contributed by atoms with E-state index in [2.05, 4.69) is 86.7 Å². The van der Waals surface area contributed by atoms with Gasteiger partial charge >= 0.3 is 0 Å². The Kier molecular flexibility index (Phi) is 3.81. The van der Waals surface area contributed by atoms with Crippen LogP contribution in [0.25, 0.3) is 5.69 Å². The maximum absolute atomic E-state index is 5.12. The molecule has 0 amide bonds. The average molecular weight is 373 g/mol. The molecule has 3 aromatic rings. The van der Waals surface area contributed by atoms with E-state index in [4.69, 9.17) is 4.98 Å². The first-order chi connectivity index (χ1) is 13.3. The zero-order chi connectivity index (χ0) is 19.6. The molecule has 0 radical (unpaired) electrons. The molecular weight excluding hydrogens is 342 g/mol. The van der Waals surface area contributed by atoms with Crippen molar-refractivity contribution in [3.63, 3.8) is 0 Å². The number of hydrogen-bond donors (Lipinski definition) is 0. The van der Waals surface area contributed by atoms with Crippen LogP contribution in [0.2, 0.25) is 0 Å². The molecule has 0 spiro atoms. The smallest absolute Gasteiger partial charge is 0.249 e. The van der Waals surface area contributed by atoms with E-state index in [9.17, 15) is 0 Å². The van der Waals surface area contributed by atoms with Crippen LogP contribution in [0.3, 0.4) is 0 Å². The minimum atomic E-state index is 0.426. The molecule has 3 heteroatoms. The van der Waals surface area contributed by atoms with Crippen molar-refractivity contribution in [3.8, 4) is 5.69 Å². The minimum absolute atomic E-state index is 0.426. The van der Waals surface area contributed by atoms with Gasteiger partial charge in [-0.3, -0.25) is 4.98 Å². The van der Waals surface area contributed by atoms with Crippen LogP contribution in [0.1, 0.15) is 59.8 Å². The number of aryl methyl sites for hydroxylation is 3. The average Bonchev–Trinajstić information content (AvgIpc) is 3.07. The lowest BCUT2D eigenvalue weighted by Crippen LogP contribution is -2.48. The Labute approximate surface area is 168 Å². The molecule has 6 rings (SSSR count). The topological polar surface area (TPSA) is 21.7 Å². The van der Waals surface area contributed by atoms with Crippen LogP contribution in [0, 0.1) is 32.1 Å². The molecule has 0 unspecified atom stereocenters. The number of pyridine rings is 1. The lowest BCUT2D eigenvalue weighted by atomic mass is 9.48. The summed E-state index contributed by atoms with van der Waals surface area (Å²) in [5, 5.41) is 0. The normalized spacial score (nSPS) is 21.9. The summed E-state index contributed by atoms with van der Waals surface area (Å²) in [6.07, 6.45) is 9.04. The lowest BCUT2D eigenvalue weighted by Gasteiger charge is -2.56. The molecule has 144 valence electrons. The third-order valence-electron chi connectivity index (χ3n) is 7.27. The van der Waals surface area contributed by atoms with E-state index in [-0.39, 0.29) is 0 Å². The monoisotopic (exact) mass is 372 g/mol. The SMILES string of the molecule is Cc1cc(C)c(-n2cc[n+](Cc3ccc4c(n3)[C@@H]3C[C@H](C4)C3(C)C)c2)c(C)c1. The summed E-state index contributed by atoms with van der Waals surface area (Å²) >= 11 is 0. The third kappa shape index (κ3) is 2.63. The Morgan fingerprint density at radius 1 is 1.14 bits per heavy atom. The van der Waals surface area contributed by atoms with Crippen molar-refractivity contribution in [2.75, 3.05) is 0 Å². The molecule has 1 fully saturated rings. The van der Waals surface area contributed by atoms with Gasteiger partial charge in [-0.2, -0.15) is 0 Å². The quantitative estimate of drug-likeness (QED) is 0.604. The fraction of sp³-hybridized carbons (Fsp3) is 0.440. The maximum atomic E-state index is 5.12. The maximum Gasteiger partial charge on any atom is 0.249 e. The second-order valence-electron chi connectivity index (χ2n) is 9.60. The van der Waals surface area contributed by atoms with Gasteiger partial charge in [-0.25, -0.2) is 9.13 Å². The molecule has 3 aliphatic rings. The number of aromatic nitrogens is 3. The molecule has 28 heavy (non-hydrogen) atoms. The fourth-order valence-corrected chi connectivity index (χ4v) is 5.59. The largest absolute Gasteiger partial charge is 0.253 e. The van der Waals surface area contributed by atoms with Crippen molar-refractivity contribution < 1.29 is 4.57 Å². The van der Waals surface area contributed by atoms with Crippen LogP contribution >= 0.6 is 0 Å². The third-order valence-corrected chi connectivity index (χ3v) is 7.27. The second kappa shape index (κ2) is 6.04. The number of benzene rings is 1. The highest BCUT2D eigenvalue weighted by molar-refractivity contribution is 5.48. The van der Waals surface area contributed by atoms with Crippen molar-refractivity contribution >= 4 is 0 Å². The Hall–Kier alpha value is -2.42. The summed E-state index contributed by atoms with van der Waals surface area (Å²) in [5.41, 5.74) is 9.68. The first-order valence-corrected chi connectivity index (χ1v) is 10.5. The fourth-order valence-electron chi connectivity index (χ4n) is 5.59. The first-order valence-electron chi connectivity index (χ1n) is 10.5. The number of imidazole rings is 1. The van der Waals surface area contributed by atoms with Gasteiger partial charge in [-0.1, -0.05) is 37.6 Å². The summed E-state index contributed by atoms with van der Waals surface area (Å²) in [4.78, 5) is 5.12. The highest BCUT2D eigenvalue weighted by atomic mass is 15.1. The Balaban J connectivity index is 1.43. The van der Waals surface area contributed by atoms with Gasteiger partial charge in [0, 0.05) is 11.6 Å². The second-order valence-corrected chi connectivity index (χ2v) is 9.60. The first kappa shape index (κ1) is 17.7. The number of hydrogen-bond acceptors (Lipinski definition) is 1. The van der Waals surface area contributed by atoms with Gasteiger partial charge < -0.3 is 0 Å². The molecule has 0 saturated heterocycles. The lowest BCUT2D eigenvalue weighted by molar-refractivity contribution is -0.688. The van der Waals surface area contributed by atoms with E-state index in [1.54, 1.807) is 0 Å². The molecule has 2 heterocycles. The summed E-state index contributed by atoms with van der Waals surface area (Å²) in [7, 11) is 0. The number of rotatable bonds is 3. The van der Waals surface area contributed by atoms with Crippen molar-refractivity contribution in [1.29, 1.82) is 0 Å². The van der Waals surface area contributed by atoms with Gasteiger partial charge in [0.2, 0.25) is 6.33 Å². The van der Waals surface area contributed by atoms with Crippen LogP contribution in [0.4, 0.5) is 0 Å². The predicted molar refractivity (Wildman–Crippen MR) is 112 cm³/mol. The van der Waals surface area contributed by atoms with E-state index in [1.807, 2.05) is 0 Å². The van der Waals surface area contributed by atoms with Crippen LogP contribution in [0.15, 0.2) is 43.0 Å². The molecule has 3 nitrogen and oxygen atoms in total. The predicted octanol–water partition coefficient (Wildman–Crippen LogP) is 4.82. The molecule has 0 N–H and O–H groups in total. The Morgan fingerprint density at radius 2 is 1.89 bits per heavy atom. The van der Waals surface area contributed by atoms with Crippen molar-refractivity contribution in [2.45, 2.75) is 59.9 Å². The van der Waals surface area contributed by atoms with Gasteiger partial charge in [0.25, 0.3) is 0 Å². The summed E-state index contributed by atoms with van der Waals surface area (Å²) in [6, 6.07) is 9.07. The molecule has 2 aromatic heterocycles.